The fourth-order valence-electron chi connectivity index (χ4n) is 1.23. The minimum atomic E-state index is 1.00. The van der Waals surface area contributed by atoms with Crippen LogP contribution in [0.1, 0.15) is 13.3 Å². The molecular formula is C8H14N2. The van der Waals surface area contributed by atoms with Gasteiger partial charge in [-0.2, -0.15) is 0 Å². The molecule has 1 heterocycles. The Morgan fingerprint density at radius 3 is 3.00 bits per heavy atom. The molecule has 0 unspecified atom stereocenters. The average molecular weight is 138 g/mol. The third-order valence-corrected chi connectivity index (χ3v) is 1.82. The van der Waals surface area contributed by atoms with Crippen molar-refractivity contribution < 1.29 is 0 Å². The highest BCUT2D eigenvalue weighted by atomic mass is 14.9. The summed E-state index contributed by atoms with van der Waals surface area (Å²) in [4.78, 5) is 3.99. The van der Waals surface area contributed by atoms with Crippen LogP contribution < -0.4 is 5.32 Å². The lowest BCUT2D eigenvalue weighted by Gasteiger charge is -1.94. The second-order valence-electron chi connectivity index (χ2n) is 2.47. The first-order valence-corrected chi connectivity index (χ1v) is 3.72. The predicted octanol–water partition coefficient (Wildman–Crippen LogP) is 0.997. The summed E-state index contributed by atoms with van der Waals surface area (Å²) in [6, 6.07) is 0. The molecule has 10 heavy (non-hydrogen) atoms. The number of hydrogen-bond donors (Lipinski definition) is 1. The Labute approximate surface area is 62.0 Å². The molecule has 1 rings (SSSR count). The van der Waals surface area contributed by atoms with Gasteiger partial charge in [0.25, 0.3) is 0 Å². The van der Waals surface area contributed by atoms with E-state index in [4.69, 9.17) is 0 Å². The summed E-state index contributed by atoms with van der Waals surface area (Å²) in [5.41, 5.74) is 2.88. The van der Waals surface area contributed by atoms with Gasteiger partial charge >= 0.3 is 0 Å². The van der Waals surface area contributed by atoms with Gasteiger partial charge in [-0.15, -0.1) is 0 Å². The number of hydrogen-bond acceptors (Lipinski definition) is 2. The summed E-state index contributed by atoms with van der Waals surface area (Å²) in [7, 11) is 1.82. The average Bonchev–Trinajstić information content (AvgIpc) is 2.36. The molecule has 0 amide bonds. The Bertz CT molecular complexity index is 168. The van der Waals surface area contributed by atoms with Crippen LogP contribution in [0, 0.1) is 0 Å². The maximum atomic E-state index is 3.99. The monoisotopic (exact) mass is 138 g/mol. The molecule has 1 aliphatic heterocycles. The van der Waals surface area contributed by atoms with Crippen LogP contribution in [0.15, 0.2) is 16.1 Å². The number of rotatable bonds is 2. The number of nitrogens with one attached hydrogen (secondary N) is 1. The van der Waals surface area contributed by atoms with Crippen molar-refractivity contribution in [3.05, 3.63) is 11.1 Å². The Morgan fingerprint density at radius 2 is 2.40 bits per heavy atom. The first-order valence-electron chi connectivity index (χ1n) is 3.72. The molecule has 1 N–H and O–H groups in total. The van der Waals surface area contributed by atoms with Crippen LogP contribution in [-0.4, -0.2) is 26.4 Å². The summed E-state index contributed by atoms with van der Waals surface area (Å²) in [6.45, 7) is 4.24. The largest absolute Gasteiger partial charge is 0.309 e. The maximum absolute atomic E-state index is 3.99. The third kappa shape index (κ3) is 1.45. The topological polar surface area (TPSA) is 24.4 Å². The third-order valence-electron chi connectivity index (χ3n) is 1.82. The van der Waals surface area contributed by atoms with Crippen LogP contribution in [0.4, 0.5) is 0 Å². The van der Waals surface area contributed by atoms with Gasteiger partial charge in [-0.1, -0.05) is 12.5 Å². The van der Waals surface area contributed by atoms with Crippen molar-refractivity contribution in [1.29, 1.82) is 0 Å². The molecule has 0 bridgehead atoms. The quantitative estimate of drug-likeness (QED) is 0.565. The molecule has 0 spiro atoms. The van der Waals surface area contributed by atoms with Crippen molar-refractivity contribution in [2.45, 2.75) is 13.3 Å². The second-order valence-corrected chi connectivity index (χ2v) is 2.47. The Balaban J connectivity index is 2.68. The molecule has 0 atom stereocenters. The molecule has 0 aromatic rings. The second kappa shape index (κ2) is 3.52. The normalized spacial score (nSPS) is 19.4. The molecular weight excluding hydrogens is 124 g/mol. The first kappa shape index (κ1) is 7.48. The van der Waals surface area contributed by atoms with E-state index in [0.29, 0.717) is 0 Å². The van der Waals surface area contributed by atoms with E-state index < -0.39 is 0 Å². The van der Waals surface area contributed by atoms with Crippen molar-refractivity contribution in [1.82, 2.24) is 5.32 Å². The molecule has 0 saturated heterocycles. The zero-order valence-electron chi connectivity index (χ0n) is 6.65. The van der Waals surface area contributed by atoms with Crippen LogP contribution >= 0.6 is 0 Å². The lowest BCUT2D eigenvalue weighted by atomic mass is 10.1. The molecule has 0 aromatic carbocycles. The minimum Gasteiger partial charge on any atom is -0.309 e. The highest BCUT2D eigenvalue weighted by molar-refractivity contribution is 5.81. The molecule has 0 radical (unpaired) electrons. The molecule has 2 heteroatoms. The highest BCUT2D eigenvalue weighted by Crippen LogP contribution is 2.10. The van der Waals surface area contributed by atoms with Crippen molar-refractivity contribution in [2.24, 2.45) is 4.99 Å². The maximum Gasteiger partial charge on any atom is 0.0277 e. The SMILES string of the molecule is CCC1=C(C=NC)CNC1. The van der Waals surface area contributed by atoms with Gasteiger partial charge in [0.15, 0.2) is 0 Å². The lowest BCUT2D eigenvalue weighted by molar-refractivity contribution is 0.854. The fraction of sp³-hybridized carbons (Fsp3) is 0.625. The lowest BCUT2D eigenvalue weighted by Crippen LogP contribution is -2.09. The van der Waals surface area contributed by atoms with Gasteiger partial charge < -0.3 is 5.32 Å². The summed E-state index contributed by atoms with van der Waals surface area (Å²) >= 11 is 0. The minimum absolute atomic E-state index is 1.00. The van der Waals surface area contributed by atoms with Crippen molar-refractivity contribution in [3.63, 3.8) is 0 Å². The predicted molar refractivity (Wildman–Crippen MR) is 44.6 cm³/mol. The van der Waals surface area contributed by atoms with Crippen LogP contribution in [-0.2, 0) is 0 Å². The molecule has 56 valence electrons. The van der Waals surface area contributed by atoms with Crippen molar-refractivity contribution in [2.75, 3.05) is 20.1 Å². The standard InChI is InChI=1S/C8H14N2/c1-3-7-5-10-6-8(7)4-9-2/h4,10H,3,5-6H2,1-2H3. The Morgan fingerprint density at radius 1 is 1.60 bits per heavy atom. The molecule has 2 nitrogen and oxygen atoms in total. The van der Waals surface area contributed by atoms with E-state index in [1.807, 2.05) is 13.3 Å². The van der Waals surface area contributed by atoms with Gasteiger partial charge in [0.2, 0.25) is 0 Å². The van der Waals surface area contributed by atoms with E-state index in [0.717, 1.165) is 19.5 Å². The summed E-state index contributed by atoms with van der Waals surface area (Å²) in [5.74, 6) is 0. The van der Waals surface area contributed by atoms with Crippen LogP contribution in [0.25, 0.3) is 0 Å². The van der Waals surface area contributed by atoms with Crippen LogP contribution in [0.2, 0.25) is 0 Å². The Kier molecular flexibility index (Phi) is 2.63. The smallest absolute Gasteiger partial charge is 0.0277 e. The van der Waals surface area contributed by atoms with Gasteiger partial charge in [-0.3, -0.25) is 4.99 Å². The molecule has 0 fully saturated rings. The van der Waals surface area contributed by atoms with Gasteiger partial charge in [0.05, 0.1) is 0 Å². The molecule has 0 aliphatic carbocycles. The van der Waals surface area contributed by atoms with E-state index in [1.54, 1.807) is 0 Å². The zero-order chi connectivity index (χ0) is 7.40. The first-order chi connectivity index (χ1) is 4.88. The van der Waals surface area contributed by atoms with E-state index in [9.17, 15) is 0 Å². The fourth-order valence-corrected chi connectivity index (χ4v) is 1.23. The summed E-state index contributed by atoms with van der Waals surface area (Å²) in [5, 5.41) is 3.29. The van der Waals surface area contributed by atoms with Gasteiger partial charge in [0, 0.05) is 26.4 Å². The van der Waals surface area contributed by atoms with Crippen molar-refractivity contribution >= 4 is 6.21 Å². The molecule has 0 aromatic heterocycles. The van der Waals surface area contributed by atoms with E-state index in [2.05, 4.69) is 17.2 Å². The molecule has 0 saturated carbocycles. The van der Waals surface area contributed by atoms with Crippen LogP contribution in [0.3, 0.4) is 0 Å². The van der Waals surface area contributed by atoms with Gasteiger partial charge in [0.1, 0.15) is 0 Å². The number of nitrogens with zero attached hydrogens (tertiary/aromatic N) is 1. The van der Waals surface area contributed by atoms with Crippen LogP contribution in [0.5, 0.6) is 0 Å². The van der Waals surface area contributed by atoms with Crippen molar-refractivity contribution in [3.8, 4) is 0 Å². The van der Waals surface area contributed by atoms with E-state index >= 15 is 0 Å². The van der Waals surface area contributed by atoms with E-state index in [1.165, 1.54) is 11.1 Å². The number of aliphatic imine (C=N–C) groups is 1. The molecule has 1 aliphatic rings. The van der Waals surface area contributed by atoms with E-state index in [-0.39, 0.29) is 0 Å². The Hall–Kier alpha value is -0.630. The summed E-state index contributed by atoms with van der Waals surface area (Å²) < 4.78 is 0. The van der Waals surface area contributed by atoms with Gasteiger partial charge in [-0.05, 0) is 12.0 Å². The highest BCUT2D eigenvalue weighted by Gasteiger charge is 2.08. The van der Waals surface area contributed by atoms with Gasteiger partial charge in [-0.25, -0.2) is 0 Å². The summed E-state index contributed by atoms with van der Waals surface area (Å²) in [6.07, 6.45) is 3.10. The zero-order valence-corrected chi connectivity index (χ0v) is 6.65.